The van der Waals surface area contributed by atoms with Gasteiger partial charge in [0.25, 0.3) is 0 Å². The molecule has 0 aliphatic heterocycles. The van der Waals surface area contributed by atoms with Crippen molar-refractivity contribution in [2.75, 3.05) is 6.54 Å². The van der Waals surface area contributed by atoms with E-state index in [1.807, 2.05) is 16.8 Å². The molecule has 0 saturated carbocycles. The molecule has 84 valence electrons. The molecule has 1 aromatic carbocycles. The molecular formula is C12H16N4. The predicted octanol–water partition coefficient (Wildman–Crippen LogP) is 1.69. The molecule has 2 aromatic rings. The maximum Gasteiger partial charge on any atom is 0.146 e. The molecule has 1 aromatic heterocycles. The van der Waals surface area contributed by atoms with Crippen molar-refractivity contribution in [3.63, 3.8) is 0 Å². The first-order chi connectivity index (χ1) is 7.81. The van der Waals surface area contributed by atoms with E-state index in [2.05, 4.69) is 41.4 Å². The second kappa shape index (κ2) is 4.90. The number of aryl methyl sites for hydroxylation is 1. The van der Waals surface area contributed by atoms with Crippen LogP contribution in [0.1, 0.15) is 18.3 Å². The van der Waals surface area contributed by atoms with Gasteiger partial charge in [0.05, 0.1) is 12.2 Å². The molecule has 0 saturated heterocycles. The summed E-state index contributed by atoms with van der Waals surface area (Å²) in [4.78, 5) is 4.25. The normalized spacial score (nSPS) is 10.6. The highest BCUT2D eigenvalue weighted by molar-refractivity contribution is 5.35. The van der Waals surface area contributed by atoms with E-state index >= 15 is 0 Å². The van der Waals surface area contributed by atoms with E-state index in [0.717, 1.165) is 24.6 Å². The summed E-state index contributed by atoms with van der Waals surface area (Å²) in [6.45, 7) is 5.82. The van der Waals surface area contributed by atoms with Crippen LogP contribution in [0.5, 0.6) is 0 Å². The van der Waals surface area contributed by atoms with E-state index in [1.165, 1.54) is 5.56 Å². The van der Waals surface area contributed by atoms with Gasteiger partial charge in [0.15, 0.2) is 0 Å². The summed E-state index contributed by atoms with van der Waals surface area (Å²) in [6, 6.07) is 8.25. The van der Waals surface area contributed by atoms with Crippen molar-refractivity contribution >= 4 is 0 Å². The number of aromatic nitrogens is 3. The average molecular weight is 216 g/mol. The third-order valence-electron chi connectivity index (χ3n) is 2.40. The van der Waals surface area contributed by atoms with Gasteiger partial charge in [-0.3, -0.25) is 0 Å². The number of nitrogens with zero attached hydrogens (tertiary/aromatic N) is 3. The second-order valence-corrected chi connectivity index (χ2v) is 3.71. The number of hydrogen-bond donors (Lipinski definition) is 1. The third kappa shape index (κ3) is 2.28. The molecule has 0 unspecified atom stereocenters. The molecule has 0 radical (unpaired) electrons. The van der Waals surface area contributed by atoms with Crippen LogP contribution in [0.25, 0.3) is 5.69 Å². The van der Waals surface area contributed by atoms with Crippen molar-refractivity contribution in [2.24, 2.45) is 0 Å². The number of benzene rings is 1. The highest BCUT2D eigenvalue weighted by Gasteiger charge is 2.05. The molecule has 0 fully saturated rings. The maximum absolute atomic E-state index is 4.25. The Bertz CT molecular complexity index is 462. The van der Waals surface area contributed by atoms with Crippen LogP contribution in [0.2, 0.25) is 0 Å². The first-order valence-corrected chi connectivity index (χ1v) is 5.48. The quantitative estimate of drug-likeness (QED) is 0.845. The summed E-state index contributed by atoms with van der Waals surface area (Å²) in [5.74, 6) is 0.937. The zero-order chi connectivity index (χ0) is 11.4. The molecule has 0 aliphatic carbocycles. The van der Waals surface area contributed by atoms with Crippen LogP contribution >= 0.6 is 0 Å². The minimum atomic E-state index is 0.741. The molecule has 1 heterocycles. The van der Waals surface area contributed by atoms with E-state index in [0.29, 0.717) is 0 Å². The fourth-order valence-electron chi connectivity index (χ4n) is 1.60. The van der Waals surface area contributed by atoms with Crippen LogP contribution in [0.4, 0.5) is 0 Å². The molecule has 0 bridgehead atoms. The first-order valence-electron chi connectivity index (χ1n) is 5.48. The van der Waals surface area contributed by atoms with Gasteiger partial charge in [0.2, 0.25) is 0 Å². The van der Waals surface area contributed by atoms with Crippen molar-refractivity contribution < 1.29 is 0 Å². The number of rotatable bonds is 4. The SMILES string of the molecule is CCNCc1ncnn1-c1cccc(C)c1. The van der Waals surface area contributed by atoms with Gasteiger partial charge in [0, 0.05) is 0 Å². The zero-order valence-corrected chi connectivity index (χ0v) is 9.64. The van der Waals surface area contributed by atoms with Crippen LogP contribution in [0.3, 0.4) is 0 Å². The Morgan fingerprint density at radius 1 is 1.38 bits per heavy atom. The van der Waals surface area contributed by atoms with Crippen molar-refractivity contribution in [1.82, 2.24) is 20.1 Å². The zero-order valence-electron chi connectivity index (χ0n) is 9.64. The molecule has 0 amide bonds. The summed E-state index contributed by atoms with van der Waals surface area (Å²) in [6.07, 6.45) is 1.59. The van der Waals surface area contributed by atoms with Crippen molar-refractivity contribution in [1.29, 1.82) is 0 Å². The lowest BCUT2D eigenvalue weighted by Crippen LogP contribution is -2.16. The molecule has 0 atom stereocenters. The maximum atomic E-state index is 4.25. The lowest BCUT2D eigenvalue weighted by atomic mass is 10.2. The Balaban J connectivity index is 2.29. The number of hydrogen-bond acceptors (Lipinski definition) is 3. The van der Waals surface area contributed by atoms with Gasteiger partial charge in [-0.15, -0.1) is 0 Å². The molecule has 0 spiro atoms. The Morgan fingerprint density at radius 2 is 2.25 bits per heavy atom. The van der Waals surface area contributed by atoms with Gasteiger partial charge in [-0.05, 0) is 31.2 Å². The molecule has 4 nitrogen and oxygen atoms in total. The topological polar surface area (TPSA) is 42.7 Å². The third-order valence-corrected chi connectivity index (χ3v) is 2.40. The molecular weight excluding hydrogens is 200 g/mol. The van der Waals surface area contributed by atoms with Crippen LogP contribution in [-0.4, -0.2) is 21.3 Å². The summed E-state index contributed by atoms with van der Waals surface area (Å²) < 4.78 is 1.87. The van der Waals surface area contributed by atoms with Gasteiger partial charge in [-0.2, -0.15) is 5.10 Å². The Kier molecular flexibility index (Phi) is 3.31. The largest absolute Gasteiger partial charge is 0.310 e. The number of nitrogens with one attached hydrogen (secondary N) is 1. The van der Waals surface area contributed by atoms with Crippen molar-refractivity contribution in [3.05, 3.63) is 42.0 Å². The Morgan fingerprint density at radius 3 is 3.00 bits per heavy atom. The molecule has 0 aliphatic rings. The monoisotopic (exact) mass is 216 g/mol. The van der Waals surface area contributed by atoms with Crippen LogP contribution < -0.4 is 5.32 Å². The minimum Gasteiger partial charge on any atom is -0.310 e. The summed E-state index contributed by atoms with van der Waals surface area (Å²) >= 11 is 0. The Labute approximate surface area is 95.3 Å². The van der Waals surface area contributed by atoms with E-state index in [1.54, 1.807) is 6.33 Å². The lowest BCUT2D eigenvalue weighted by molar-refractivity contribution is 0.664. The summed E-state index contributed by atoms with van der Waals surface area (Å²) in [5.41, 5.74) is 2.29. The second-order valence-electron chi connectivity index (χ2n) is 3.71. The Hall–Kier alpha value is -1.68. The fraction of sp³-hybridized carbons (Fsp3) is 0.333. The van der Waals surface area contributed by atoms with Gasteiger partial charge >= 0.3 is 0 Å². The molecule has 1 N–H and O–H groups in total. The highest BCUT2D eigenvalue weighted by Crippen LogP contribution is 2.10. The van der Waals surface area contributed by atoms with Crippen molar-refractivity contribution in [2.45, 2.75) is 20.4 Å². The van der Waals surface area contributed by atoms with E-state index in [9.17, 15) is 0 Å². The van der Waals surface area contributed by atoms with Gasteiger partial charge in [0.1, 0.15) is 12.2 Å². The summed E-state index contributed by atoms with van der Waals surface area (Å²) in [7, 11) is 0. The first kappa shape index (κ1) is 10.8. The standard InChI is InChI=1S/C12H16N4/c1-3-13-8-12-14-9-15-16(12)11-6-4-5-10(2)7-11/h4-7,9,13H,3,8H2,1-2H3. The van der Waals surface area contributed by atoms with E-state index in [-0.39, 0.29) is 0 Å². The molecule has 2 rings (SSSR count). The van der Waals surface area contributed by atoms with Gasteiger partial charge in [-0.25, -0.2) is 9.67 Å². The van der Waals surface area contributed by atoms with E-state index in [4.69, 9.17) is 0 Å². The van der Waals surface area contributed by atoms with Crippen molar-refractivity contribution in [3.8, 4) is 5.69 Å². The predicted molar refractivity (Wildman–Crippen MR) is 63.5 cm³/mol. The van der Waals surface area contributed by atoms with Gasteiger partial charge < -0.3 is 5.32 Å². The molecule has 4 heteroatoms. The fourth-order valence-corrected chi connectivity index (χ4v) is 1.60. The average Bonchev–Trinajstić information content (AvgIpc) is 2.74. The van der Waals surface area contributed by atoms with Crippen LogP contribution in [0.15, 0.2) is 30.6 Å². The van der Waals surface area contributed by atoms with Crippen LogP contribution in [0, 0.1) is 6.92 Å². The highest BCUT2D eigenvalue weighted by atomic mass is 15.3. The lowest BCUT2D eigenvalue weighted by Gasteiger charge is -2.06. The summed E-state index contributed by atoms with van der Waals surface area (Å²) in [5, 5.41) is 7.50. The van der Waals surface area contributed by atoms with Crippen LogP contribution in [-0.2, 0) is 6.54 Å². The minimum absolute atomic E-state index is 0.741. The van der Waals surface area contributed by atoms with Gasteiger partial charge in [-0.1, -0.05) is 19.1 Å². The molecule has 16 heavy (non-hydrogen) atoms. The van der Waals surface area contributed by atoms with E-state index < -0.39 is 0 Å². The smallest absolute Gasteiger partial charge is 0.146 e.